The molecule has 0 unspecified atom stereocenters. The van der Waals surface area contributed by atoms with Crippen LogP contribution in [0.4, 0.5) is 4.39 Å². The average Bonchev–Trinajstić information content (AvgIpc) is 3.10. The molecule has 0 N–H and O–H groups in total. The maximum atomic E-state index is 13.0. The van der Waals surface area contributed by atoms with Crippen LogP contribution in [0.15, 0.2) is 71.1 Å². The third-order valence-electron chi connectivity index (χ3n) is 4.76. The van der Waals surface area contributed by atoms with Crippen molar-refractivity contribution in [2.24, 2.45) is 0 Å². The Hall–Kier alpha value is -3.93. The van der Waals surface area contributed by atoms with Gasteiger partial charge in [0.1, 0.15) is 22.9 Å². The zero-order chi connectivity index (χ0) is 21.3. The number of benzene rings is 3. The van der Waals surface area contributed by atoms with E-state index in [-0.39, 0.29) is 17.3 Å². The van der Waals surface area contributed by atoms with Crippen LogP contribution in [-0.2, 0) is 0 Å². The minimum Gasteiger partial charge on any atom is -0.497 e. The van der Waals surface area contributed by atoms with Gasteiger partial charge in [0, 0.05) is 22.1 Å². The number of ether oxygens (including phenoxy) is 2. The Morgan fingerprint density at radius 3 is 2.10 bits per heavy atom. The molecule has 0 aliphatic rings. The van der Waals surface area contributed by atoms with Gasteiger partial charge in [0.05, 0.1) is 7.11 Å². The summed E-state index contributed by atoms with van der Waals surface area (Å²) in [6.45, 7) is 1.77. The highest BCUT2D eigenvalue weighted by molar-refractivity contribution is 6.09. The fourth-order valence-corrected chi connectivity index (χ4v) is 3.12. The first kappa shape index (κ1) is 19.4. The van der Waals surface area contributed by atoms with Crippen molar-refractivity contribution in [1.82, 2.24) is 0 Å². The van der Waals surface area contributed by atoms with E-state index in [4.69, 9.17) is 13.9 Å². The van der Waals surface area contributed by atoms with Crippen LogP contribution in [0.1, 0.15) is 32.0 Å². The normalized spacial score (nSPS) is 10.8. The Morgan fingerprint density at radius 2 is 1.47 bits per heavy atom. The van der Waals surface area contributed by atoms with Crippen molar-refractivity contribution in [3.8, 4) is 11.5 Å². The molecule has 0 amide bonds. The van der Waals surface area contributed by atoms with Gasteiger partial charge >= 0.3 is 5.97 Å². The van der Waals surface area contributed by atoms with Crippen molar-refractivity contribution >= 4 is 22.7 Å². The predicted molar refractivity (Wildman–Crippen MR) is 109 cm³/mol. The quantitative estimate of drug-likeness (QED) is 0.255. The van der Waals surface area contributed by atoms with Crippen LogP contribution in [0, 0.1) is 12.7 Å². The molecule has 0 saturated heterocycles. The number of furan rings is 1. The van der Waals surface area contributed by atoms with Crippen molar-refractivity contribution in [2.75, 3.05) is 7.11 Å². The molecule has 30 heavy (non-hydrogen) atoms. The van der Waals surface area contributed by atoms with Gasteiger partial charge < -0.3 is 13.9 Å². The van der Waals surface area contributed by atoms with Crippen LogP contribution in [0.3, 0.4) is 0 Å². The van der Waals surface area contributed by atoms with Crippen molar-refractivity contribution in [3.05, 3.63) is 95.0 Å². The van der Waals surface area contributed by atoms with Gasteiger partial charge in [-0.1, -0.05) is 0 Å². The number of hydrogen-bond donors (Lipinski definition) is 0. The van der Waals surface area contributed by atoms with Crippen molar-refractivity contribution < 1.29 is 27.9 Å². The van der Waals surface area contributed by atoms with E-state index in [9.17, 15) is 14.0 Å². The van der Waals surface area contributed by atoms with E-state index < -0.39 is 11.8 Å². The monoisotopic (exact) mass is 404 g/mol. The summed E-state index contributed by atoms with van der Waals surface area (Å²) in [5.74, 6) is -0.270. The maximum absolute atomic E-state index is 13.0. The number of carbonyl (C=O) groups excluding carboxylic acids is 2. The standard InChI is InChI=1S/C24H17FO5/c1-14-20-13-19(28-2)11-12-21(20)30-23(14)24(27)29-18-9-5-16(6-10-18)22(26)15-3-7-17(25)8-4-15/h3-13H,1-2H3. The zero-order valence-corrected chi connectivity index (χ0v) is 16.3. The summed E-state index contributed by atoms with van der Waals surface area (Å²) in [5, 5.41) is 0.765. The van der Waals surface area contributed by atoms with Crippen molar-refractivity contribution in [3.63, 3.8) is 0 Å². The molecule has 4 rings (SSSR count). The van der Waals surface area contributed by atoms with E-state index in [2.05, 4.69) is 0 Å². The topological polar surface area (TPSA) is 65.7 Å². The third-order valence-corrected chi connectivity index (χ3v) is 4.76. The predicted octanol–water partition coefficient (Wildman–Crippen LogP) is 5.34. The number of methoxy groups -OCH3 is 1. The molecule has 0 aliphatic carbocycles. The molecule has 0 fully saturated rings. The Bertz CT molecular complexity index is 1240. The molecule has 150 valence electrons. The molecule has 0 aliphatic heterocycles. The van der Waals surface area contributed by atoms with Crippen LogP contribution < -0.4 is 9.47 Å². The number of esters is 1. The van der Waals surface area contributed by atoms with Gasteiger partial charge in [-0.05, 0) is 73.7 Å². The Labute approximate surface area is 171 Å². The molecule has 0 bridgehead atoms. The smallest absolute Gasteiger partial charge is 0.379 e. The molecule has 5 nitrogen and oxygen atoms in total. The van der Waals surface area contributed by atoms with Gasteiger partial charge in [-0.15, -0.1) is 0 Å². The molecule has 0 saturated carbocycles. The summed E-state index contributed by atoms with van der Waals surface area (Å²) in [6.07, 6.45) is 0. The van der Waals surface area contributed by atoms with E-state index >= 15 is 0 Å². The summed E-state index contributed by atoms with van der Waals surface area (Å²) in [6, 6.07) is 16.7. The second kappa shape index (κ2) is 7.83. The Balaban J connectivity index is 1.52. The minimum atomic E-state index is -0.639. The highest BCUT2D eigenvalue weighted by atomic mass is 19.1. The summed E-state index contributed by atoms with van der Waals surface area (Å²) in [5.41, 5.74) is 1.97. The first-order chi connectivity index (χ1) is 14.5. The van der Waals surface area contributed by atoms with E-state index in [1.54, 1.807) is 44.4 Å². The van der Waals surface area contributed by atoms with Crippen molar-refractivity contribution in [1.29, 1.82) is 0 Å². The highest BCUT2D eigenvalue weighted by Crippen LogP contribution is 2.29. The molecule has 1 heterocycles. The van der Waals surface area contributed by atoms with Crippen LogP contribution in [0.5, 0.6) is 11.5 Å². The summed E-state index contributed by atoms with van der Waals surface area (Å²) in [7, 11) is 1.57. The summed E-state index contributed by atoms with van der Waals surface area (Å²) in [4.78, 5) is 25.0. The second-order valence-electron chi connectivity index (χ2n) is 6.67. The number of hydrogen-bond acceptors (Lipinski definition) is 5. The fourth-order valence-electron chi connectivity index (χ4n) is 3.12. The molecule has 4 aromatic rings. The maximum Gasteiger partial charge on any atom is 0.379 e. The molecule has 6 heteroatoms. The first-order valence-electron chi connectivity index (χ1n) is 9.16. The van der Waals surface area contributed by atoms with Gasteiger partial charge in [-0.25, -0.2) is 9.18 Å². The lowest BCUT2D eigenvalue weighted by molar-refractivity contribution is 0.0703. The van der Waals surface area contributed by atoms with E-state index in [0.29, 0.717) is 28.0 Å². The highest BCUT2D eigenvalue weighted by Gasteiger charge is 2.20. The molecule has 0 spiro atoms. The average molecular weight is 404 g/mol. The lowest BCUT2D eigenvalue weighted by Gasteiger charge is -2.05. The lowest BCUT2D eigenvalue weighted by atomic mass is 10.0. The van der Waals surface area contributed by atoms with Gasteiger partial charge in [-0.3, -0.25) is 4.79 Å². The molecule has 0 radical (unpaired) electrons. The number of aryl methyl sites for hydroxylation is 1. The molecular formula is C24H17FO5. The molecule has 3 aromatic carbocycles. The lowest BCUT2D eigenvalue weighted by Crippen LogP contribution is -2.09. The third kappa shape index (κ3) is 3.67. The SMILES string of the molecule is COc1ccc2oc(C(=O)Oc3ccc(C(=O)c4ccc(F)cc4)cc3)c(C)c2c1. The molecular weight excluding hydrogens is 387 g/mol. The van der Waals surface area contributed by atoms with Crippen molar-refractivity contribution in [2.45, 2.75) is 6.92 Å². The van der Waals surface area contributed by atoms with Crippen LogP contribution in [-0.4, -0.2) is 18.9 Å². The Morgan fingerprint density at radius 1 is 0.867 bits per heavy atom. The van der Waals surface area contributed by atoms with Gasteiger partial charge in [-0.2, -0.15) is 0 Å². The zero-order valence-electron chi connectivity index (χ0n) is 16.3. The van der Waals surface area contributed by atoms with Crippen LogP contribution in [0.25, 0.3) is 11.0 Å². The summed E-state index contributed by atoms with van der Waals surface area (Å²) < 4.78 is 29.3. The second-order valence-corrected chi connectivity index (χ2v) is 6.67. The van der Waals surface area contributed by atoms with Gasteiger partial charge in [0.15, 0.2) is 5.78 Å². The number of fused-ring (bicyclic) bond motifs is 1. The number of ketones is 1. The van der Waals surface area contributed by atoms with E-state index in [0.717, 1.165) is 5.39 Å². The van der Waals surface area contributed by atoms with Crippen LogP contribution >= 0.6 is 0 Å². The Kier molecular flexibility index (Phi) is 5.06. The number of halogens is 1. The van der Waals surface area contributed by atoms with Crippen LogP contribution in [0.2, 0.25) is 0 Å². The fraction of sp³-hybridized carbons (Fsp3) is 0.0833. The number of rotatable bonds is 5. The van der Waals surface area contributed by atoms with Gasteiger partial charge in [0.25, 0.3) is 0 Å². The first-order valence-corrected chi connectivity index (χ1v) is 9.16. The summed E-state index contributed by atoms with van der Waals surface area (Å²) >= 11 is 0. The van der Waals surface area contributed by atoms with E-state index in [1.807, 2.05) is 0 Å². The number of carbonyl (C=O) groups is 2. The van der Waals surface area contributed by atoms with Gasteiger partial charge in [0.2, 0.25) is 5.76 Å². The molecule has 0 atom stereocenters. The minimum absolute atomic E-state index is 0.102. The molecule has 1 aromatic heterocycles. The largest absolute Gasteiger partial charge is 0.497 e. The van der Waals surface area contributed by atoms with E-state index in [1.165, 1.54) is 36.4 Å².